The number of imide groups is 1. The highest BCUT2D eigenvalue weighted by Gasteiger charge is 2.56. The maximum atomic E-state index is 13.4. The summed E-state index contributed by atoms with van der Waals surface area (Å²) in [6, 6.07) is 9.65. The van der Waals surface area contributed by atoms with E-state index < -0.39 is 5.54 Å². The molecular weight excluding hydrogens is 420 g/mol. The van der Waals surface area contributed by atoms with E-state index in [0.717, 1.165) is 43.1 Å². The molecule has 3 amide bonds. The fraction of sp³-hybridized carbons (Fsp3) is 0.480. The number of benzene rings is 1. The van der Waals surface area contributed by atoms with E-state index in [1.54, 1.807) is 24.3 Å². The zero-order valence-electron chi connectivity index (χ0n) is 19.2. The largest absolute Gasteiger partial charge is 0.454 e. The molecule has 174 valence electrons. The van der Waals surface area contributed by atoms with Crippen molar-refractivity contribution in [2.45, 2.75) is 38.3 Å². The van der Waals surface area contributed by atoms with Crippen LogP contribution in [-0.2, 0) is 17.8 Å². The van der Waals surface area contributed by atoms with E-state index in [1.165, 1.54) is 10.5 Å². The van der Waals surface area contributed by atoms with Gasteiger partial charge < -0.3 is 19.3 Å². The number of carbonyl (C=O) groups excluding carboxylic acids is 2. The summed E-state index contributed by atoms with van der Waals surface area (Å²) in [7, 11) is 1.77. The molecule has 2 fully saturated rings. The van der Waals surface area contributed by atoms with E-state index in [2.05, 4.69) is 28.9 Å². The number of carbonyl (C=O) groups is 2. The van der Waals surface area contributed by atoms with Crippen molar-refractivity contribution in [2.75, 3.05) is 33.5 Å². The summed E-state index contributed by atoms with van der Waals surface area (Å²) < 4.78 is 10.9. The van der Waals surface area contributed by atoms with E-state index in [1.807, 2.05) is 18.2 Å². The molecule has 5 rings (SSSR count). The maximum absolute atomic E-state index is 13.4. The lowest BCUT2D eigenvalue weighted by Crippen LogP contribution is -2.55. The van der Waals surface area contributed by atoms with Crippen molar-refractivity contribution in [3.63, 3.8) is 0 Å². The molecule has 3 aliphatic rings. The lowest BCUT2D eigenvalue weighted by atomic mass is 9.85. The molecule has 0 bridgehead atoms. The van der Waals surface area contributed by atoms with Gasteiger partial charge in [0.2, 0.25) is 6.79 Å². The van der Waals surface area contributed by atoms with Gasteiger partial charge >= 0.3 is 6.03 Å². The van der Waals surface area contributed by atoms with Crippen molar-refractivity contribution in [1.82, 2.24) is 19.7 Å². The minimum atomic E-state index is -0.726. The van der Waals surface area contributed by atoms with Gasteiger partial charge in [0, 0.05) is 39.1 Å². The second-order valence-electron chi connectivity index (χ2n) is 9.42. The summed E-state index contributed by atoms with van der Waals surface area (Å²) in [5.74, 6) is 2.01. The molecule has 0 saturated carbocycles. The first-order valence-electron chi connectivity index (χ1n) is 11.6. The molecule has 1 atom stereocenters. The van der Waals surface area contributed by atoms with Crippen LogP contribution < -0.4 is 9.47 Å². The Kier molecular flexibility index (Phi) is 5.70. The Morgan fingerprint density at radius 1 is 1.09 bits per heavy atom. The standard InChI is InChI=1S/C25H30N4O4/c1-18(12-19-5-6-21-22(13-19)33-17-32-21)15-28-10-7-25(8-11-28)23(30)29(24(31)27(25)2)16-20-4-3-9-26-14-20/h3-6,9,13-14,18H,7-8,10-12,15-17H2,1-2H3/t18-/m0/s1. The molecule has 8 heteroatoms. The van der Waals surface area contributed by atoms with Gasteiger partial charge in [0.05, 0.1) is 6.54 Å². The molecule has 1 aromatic carbocycles. The Morgan fingerprint density at radius 2 is 1.88 bits per heavy atom. The summed E-state index contributed by atoms with van der Waals surface area (Å²) >= 11 is 0. The third-order valence-electron chi connectivity index (χ3n) is 7.14. The molecule has 8 nitrogen and oxygen atoms in total. The highest BCUT2D eigenvalue weighted by atomic mass is 16.7. The van der Waals surface area contributed by atoms with Gasteiger partial charge in [0.15, 0.2) is 11.5 Å². The quantitative estimate of drug-likeness (QED) is 0.630. The van der Waals surface area contributed by atoms with Gasteiger partial charge in [0.25, 0.3) is 5.91 Å². The predicted octanol–water partition coefficient (Wildman–Crippen LogP) is 2.92. The van der Waals surface area contributed by atoms with E-state index in [4.69, 9.17) is 9.47 Å². The number of urea groups is 1. The zero-order chi connectivity index (χ0) is 23.0. The van der Waals surface area contributed by atoms with E-state index in [0.29, 0.717) is 25.6 Å². The third kappa shape index (κ3) is 4.04. The van der Waals surface area contributed by atoms with Crippen LogP contribution in [0.25, 0.3) is 0 Å². The van der Waals surface area contributed by atoms with Gasteiger partial charge in [-0.25, -0.2) is 4.79 Å². The van der Waals surface area contributed by atoms with E-state index >= 15 is 0 Å². The number of ether oxygens (including phenoxy) is 2. The Labute approximate surface area is 194 Å². The van der Waals surface area contributed by atoms with Crippen molar-refractivity contribution in [1.29, 1.82) is 0 Å². The number of fused-ring (bicyclic) bond motifs is 1. The van der Waals surface area contributed by atoms with Crippen LogP contribution in [0.4, 0.5) is 4.79 Å². The summed E-state index contributed by atoms with van der Waals surface area (Å²) in [6.07, 6.45) is 5.67. The van der Waals surface area contributed by atoms with Gasteiger partial charge in [-0.1, -0.05) is 19.1 Å². The minimum absolute atomic E-state index is 0.0769. The molecule has 3 aliphatic heterocycles. The van der Waals surface area contributed by atoms with Crippen molar-refractivity contribution >= 4 is 11.9 Å². The van der Waals surface area contributed by atoms with Crippen molar-refractivity contribution in [3.05, 3.63) is 53.9 Å². The molecule has 33 heavy (non-hydrogen) atoms. The molecule has 0 unspecified atom stereocenters. The van der Waals surface area contributed by atoms with Crippen LogP contribution in [0.1, 0.15) is 30.9 Å². The average Bonchev–Trinajstić information content (AvgIpc) is 3.35. The number of nitrogens with zero attached hydrogens (tertiary/aromatic N) is 4. The lowest BCUT2D eigenvalue weighted by Gasteiger charge is -2.41. The molecular formula is C25H30N4O4. The molecule has 1 spiro atoms. The summed E-state index contributed by atoms with van der Waals surface area (Å²) in [5, 5.41) is 0. The van der Waals surface area contributed by atoms with Crippen LogP contribution in [0.3, 0.4) is 0 Å². The summed E-state index contributed by atoms with van der Waals surface area (Å²) in [6.45, 7) is 5.37. The van der Waals surface area contributed by atoms with Crippen LogP contribution in [0, 0.1) is 5.92 Å². The number of hydrogen-bond donors (Lipinski definition) is 0. The van der Waals surface area contributed by atoms with Gasteiger partial charge in [0.1, 0.15) is 5.54 Å². The number of likely N-dealkylation sites (tertiary alicyclic amines) is 1. The van der Waals surface area contributed by atoms with Gasteiger partial charge in [-0.05, 0) is 54.5 Å². The van der Waals surface area contributed by atoms with Gasteiger partial charge in [-0.2, -0.15) is 0 Å². The van der Waals surface area contributed by atoms with E-state index in [-0.39, 0.29) is 18.5 Å². The first-order chi connectivity index (χ1) is 16.0. The number of amides is 3. The molecule has 0 N–H and O–H groups in total. The smallest absolute Gasteiger partial charge is 0.327 e. The SMILES string of the molecule is C[C@@H](Cc1ccc2c(c1)OCO2)CN1CCC2(CC1)C(=O)N(Cc1cccnc1)C(=O)N2C. The number of piperidine rings is 1. The van der Waals surface area contributed by atoms with Crippen molar-refractivity contribution in [2.24, 2.45) is 5.92 Å². The highest BCUT2D eigenvalue weighted by Crippen LogP contribution is 2.37. The molecule has 2 saturated heterocycles. The first-order valence-corrected chi connectivity index (χ1v) is 11.6. The second kappa shape index (κ2) is 8.67. The zero-order valence-corrected chi connectivity index (χ0v) is 19.2. The first kappa shape index (κ1) is 21.7. The second-order valence-corrected chi connectivity index (χ2v) is 9.42. The van der Waals surface area contributed by atoms with Crippen molar-refractivity contribution in [3.8, 4) is 11.5 Å². The number of hydrogen-bond acceptors (Lipinski definition) is 6. The molecule has 0 aliphatic carbocycles. The summed E-state index contributed by atoms with van der Waals surface area (Å²) in [4.78, 5) is 35.9. The minimum Gasteiger partial charge on any atom is -0.454 e. The average molecular weight is 451 g/mol. The Balaban J connectivity index is 1.18. The fourth-order valence-corrected chi connectivity index (χ4v) is 5.29. The van der Waals surface area contributed by atoms with E-state index in [9.17, 15) is 9.59 Å². The lowest BCUT2D eigenvalue weighted by molar-refractivity contribution is -0.135. The maximum Gasteiger partial charge on any atom is 0.327 e. The van der Waals surface area contributed by atoms with Crippen LogP contribution in [0.15, 0.2) is 42.7 Å². The highest BCUT2D eigenvalue weighted by molar-refractivity contribution is 6.06. The molecule has 4 heterocycles. The van der Waals surface area contributed by atoms with Crippen LogP contribution >= 0.6 is 0 Å². The normalized spacial score (nSPS) is 20.7. The van der Waals surface area contributed by atoms with Gasteiger partial charge in [-0.3, -0.25) is 14.7 Å². The monoisotopic (exact) mass is 450 g/mol. The summed E-state index contributed by atoms with van der Waals surface area (Å²) in [5.41, 5.74) is 1.37. The Hall–Kier alpha value is -3.13. The van der Waals surface area contributed by atoms with Crippen LogP contribution in [-0.4, -0.2) is 70.6 Å². The number of pyridine rings is 1. The number of rotatable bonds is 6. The fourth-order valence-electron chi connectivity index (χ4n) is 5.29. The number of likely N-dealkylation sites (N-methyl/N-ethyl adjacent to an activating group) is 1. The van der Waals surface area contributed by atoms with Gasteiger partial charge in [-0.15, -0.1) is 0 Å². The third-order valence-corrected chi connectivity index (χ3v) is 7.14. The molecule has 2 aromatic rings. The topological polar surface area (TPSA) is 75.2 Å². The Bertz CT molecular complexity index is 1040. The van der Waals surface area contributed by atoms with Crippen molar-refractivity contribution < 1.29 is 19.1 Å². The number of aromatic nitrogens is 1. The van der Waals surface area contributed by atoms with Crippen LogP contribution in [0.2, 0.25) is 0 Å². The van der Waals surface area contributed by atoms with Crippen LogP contribution in [0.5, 0.6) is 11.5 Å². The Morgan fingerprint density at radius 3 is 2.64 bits per heavy atom. The predicted molar refractivity (Wildman–Crippen MR) is 122 cm³/mol. The molecule has 0 radical (unpaired) electrons. The molecule has 1 aromatic heterocycles.